The zero-order valence-electron chi connectivity index (χ0n) is 19.9. The maximum atomic E-state index is 12.7. The Bertz CT molecular complexity index is 1380. The lowest BCUT2D eigenvalue weighted by Gasteiger charge is -2.31. The van der Waals surface area contributed by atoms with E-state index in [1.54, 1.807) is 18.3 Å². The Morgan fingerprint density at radius 1 is 0.944 bits per heavy atom. The van der Waals surface area contributed by atoms with E-state index in [2.05, 4.69) is 27.3 Å². The minimum Gasteiger partial charge on any atom is -0.478 e. The second-order valence-corrected chi connectivity index (χ2v) is 8.92. The molecule has 5 rings (SSSR count). The van der Waals surface area contributed by atoms with Crippen LogP contribution < -0.4 is 10.2 Å². The van der Waals surface area contributed by atoms with E-state index in [-0.39, 0.29) is 5.91 Å². The Labute approximate surface area is 210 Å². The molecule has 2 N–H and O–H groups in total. The first-order chi connectivity index (χ1) is 17.6. The number of rotatable bonds is 7. The number of aryl methyl sites for hydroxylation is 1. The van der Waals surface area contributed by atoms with Crippen LogP contribution in [0, 0.1) is 0 Å². The fraction of sp³-hybridized carbons (Fsp3) is 0.167. The molecule has 4 aromatic rings. The van der Waals surface area contributed by atoms with E-state index in [0.717, 1.165) is 48.4 Å². The normalized spacial score (nSPS) is 12.6. The SMILES string of the molecule is O=C(NCc1ccccn1)c1ccc2c(c1)CCCN2Cc1ccc(-c2ccccc2C(=O)O)cc1. The van der Waals surface area contributed by atoms with Gasteiger partial charge in [-0.2, -0.15) is 0 Å². The quantitative estimate of drug-likeness (QED) is 0.376. The van der Waals surface area contributed by atoms with Crippen LogP contribution in [-0.2, 0) is 19.5 Å². The summed E-state index contributed by atoms with van der Waals surface area (Å²) in [5.74, 6) is -1.03. The molecule has 1 aliphatic rings. The highest BCUT2D eigenvalue weighted by Gasteiger charge is 2.19. The molecule has 2 heterocycles. The number of nitrogens with zero attached hydrogens (tertiary/aromatic N) is 2. The van der Waals surface area contributed by atoms with E-state index in [1.807, 2.05) is 60.7 Å². The molecule has 6 nitrogen and oxygen atoms in total. The Kier molecular flexibility index (Phi) is 6.76. The summed E-state index contributed by atoms with van der Waals surface area (Å²) in [5, 5.41) is 12.4. The van der Waals surface area contributed by atoms with E-state index in [1.165, 1.54) is 5.56 Å². The molecule has 1 aromatic heterocycles. The lowest BCUT2D eigenvalue weighted by molar-refractivity contribution is 0.0697. The van der Waals surface area contributed by atoms with Crippen LogP contribution in [0.1, 0.15) is 44.0 Å². The summed E-state index contributed by atoms with van der Waals surface area (Å²) in [6.07, 6.45) is 3.69. The van der Waals surface area contributed by atoms with Gasteiger partial charge in [0.05, 0.1) is 17.8 Å². The zero-order chi connectivity index (χ0) is 24.9. The van der Waals surface area contributed by atoms with Crippen molar-refractivity contribution in [3.05, 3.63) is 119 Å². The number of carboxylic acid groups (broad SMARTS) is 1. The van der Waals surface area contributed by atoms with E-state index in [4.69, 9.17) is 0 Å². The first kappa shape index (κ1) is 23.3. The fourth-order valence-electron chi connectivity index (χ4n) is 4.69. The zero-order valence-corrected chi connectivity index (χ0v) is 19.9. The van der Waals surface area contributed by atoms with Gasteiger partial charge in [0.2, 0.25) is 0 Å². The number of hydrogen-bond acceptors (Lipinski definition) is 4. The highest BCUT2D eigenvalue weighted by Crippen LogP contribution is 2.30. The Hall–Kier alpha value is -4.45. The summed E-state index contributed by atoms with van der Waals surface area (Å²) in [4.78, 5) is 30.9. The van der Waals surface area contributed by atoms with Crippen LogP contribution in [0.25, 0.3) is 11.1 Å². The lowest BCUT2D eigenvalue weighted by atomic mass is 9.97. The van der Waals surface area contributed by atoms with Crippen molar-refractivity contribution in [2.24, 2.45) is 0 Å². The molecular weight excluding hydrogens is 450 g/mol. The first-order valence-electron chi connectivity index (χ1n) is 12.1. The summed E-state index contributed by atoms with van der Waals surface area (Å²) in [6, 6.07) is 26.7. The number of nitrogens with one attached hydrogen (secondary N) is 1. The van der Waals surface area contributed by atoms with Gasteiger partial charge in [0.1, 0.15) is 0 Å². The lowest BCUT2D eigenvalue weighted by Crippen LogP contribution is -2.29. The predicted molar refractivity (Wildman–Crippen MR) is 140 cm³/mol. The standard InChI is InChI=1S/C30H27N3O3/c34-29(32-19-25-7-3-4-16-31-25)24-14-15-28-23(18-24)6-5-17-33(28)20-21-10-12-22(13-11-21)26-8-1-2-9-27(26)30(35)36/h1-4,7-16,18H,5-6,17,19-20H2,(H,32,34)(H,35,36). The van der Waals surface area contributed by atoms with Crippen LogP contribution in [0.15, 0.2) is 91.1 Å². The average molecular weight is 478 g/mol. The number of benzene rings is 3. The highest BCUT2D eigenvalue weighted by atomic mass is 16.4. The minimum atomic E-state index is -0.926. The summed E-state index contributed by atoms with van der Waals surface area (Å²) in [5.41, 5.74) is 6.87. The van der Waals surface area contributed by atoms with Gasteiger partial charge in [0.15, 0.2) is 0 Å². The molecule has 0 unspecified atom stereocenters. The minimum absolute atomic E-state index is 0.0993. The van der Waals surface area contributed by atoms with Gasteiger partial charge in [-0.25, -0.2) is 4.79 Å². The van der Waals surface area contributed by atoms with E-state index in [0.29, 0.717) is 23.2 Å². The van der Waals surface area contributed by atoms with E-state index < -0.39 is 5.97 Å². The van der Waals surface area contributed by atoms with Gasteiger partial charge in [0, 0.05) is 30.5 Å². The van der Waals surface area contributed by atoms with Crippen LogP contribution in [-0.4, -0.2) is 28.5 Å². The van der Waals surface area contributed by atoms with Gasteiger partial charge in [-0.3, -0.25) is 9.78 Å². The number of carbonyl (C=O) groups is 2. The van der Waals surface area contributed by atoms with Crippen molar-refractivity contribution in [3.63, 3.8) is 0 Å². The number of carbonyl (C=O) groups excluding carboxylic acids is 1. The first-order valence-corrected chi connectivity index (χ1v) is 12.1. The molecule has 180 valence electrons. The van der Waals surface area contributed by atoms with Gasteiger partial charge >= 0.3 is 5.97 Å². The molecule has 1 aliphatic heterocycles. The predicted octanol–water partition coefficient (Wildman–Crippen LogP) is 5.33. The Balaban J connectivity index is 1.28. The number of amides is 1. The number of aromatic nitrogens is 1. The topological polar surface area (TPSA) is 82.5 Å². The van der Waals surface area contributed by atoms with Crippen molar-refractivity contribution < 1.29 is 14.7 Å². The summed E-state index contributed by atoms with van der Waals surface area (Å²) >= 11 is 0. The number of carboxylic acids is 1. The fourth-order valence-corrected chi connectivity index (χ4v) is 4.69. The van der Waals surface area contributed by atoms with Gasteiger partial charge in [-0.05, 0) is 71.5 Å². The largest absolute Gasteiger partial charge is 0.478 e. The van der Waals surface area contributed by atoms with Crippen LogP contribution in [0.4, 0.5) is 5.69 Å². The van der Waals surface area contributed by atoms with Gasteiger partial charge in [0.25, 0.3) is 5.91 Å². The highest BCUT2D eigenvalue weighted by molar-refractivity contribution is 5.96. The molecule has 0 spiro atoms. The molecule has 0 radical (unpaired) electrons. The number of aromatic carboxylic acids is 1. The summed E-state index contributed by atoms with van der Waals surface area (Å²) < 4.78 is 0. The second-order valence-electron chi connectivity index (χ2n) is 8.92. The van der Waals surface area contributed by atoms with Crippen molar-refractivity contribution in [1.82, 2.24) is 10.3 Å². The number of pyridine rings is 1. The second kappa shape index (κ2) is 10.4. The van der Waals surface area contributed by atoms with Crippen LogP contribution in [0.2, 0.25) is 0 Å². The maximum Gasteiger partial charge on any atom is 0.336 e. The monoisotopic (exact) mass is 477 g/mol. The molecule has 0 saturated carbocycles. The third-order valence-electron chi connectivity index (χ3n) is 6.51. The third-order valence-corrected chi connectivity index (χ3v) is 6.51. The molecule has 3 aromatic carbocycles. The van der Waals surface area contributed by atoms with Gasteiger partial charge in [-0.15, -0.1) is 0 Å². The maximum absolute atomic E-state index is 12.7. The molecule has 36 heavy (non-hydrogen) atoms. The molecule has 1 amide bonds. The molecule has 0 aliphatic carbocycles. The van der Waals surface area contributed by atoms with Crippen LogP contribution in [0.5, 0.6) is 0 Å². The summed E-state index contributed by atoms with van der Waals surface area (Å²) in [6.45, 7) is 2.09. The Morgan fingerprint density at radius 2 is 1.75 bits per heavy atom. The molecule has 0 saturated heterocycles. The number of hydrogen-bond donors (Lipinski definition) is 2. The third kappa shape index (κ3) is 5.13. The van der Waals surface area contributed by atoms with Crippen LogP contribution in [0.3, 0.4) is 0 Å². The molecule has 0 fully saturated rings. The van der Waals surface area contributed by atoms with Gasteiger partial charge in [-0.1, -0.05) is 48.5 Å². The number of anilines is 1. The van der Waals surface area contributed by atoms with E-state index >= 15 is 0 Å². The van der Waals surface area contributed by atoms with Crippen LogP contribution >= 0.6 is 0 Å². The van der Waals surface area contributed by atoms with Crippen molar-refractivity contribution in [3.8, 4) is 11.1 Å². The van der Waals surface area contributed by atoms with E-state index in [9.17, 15) is 14.7 Å². The number of fused-ring (bicyclic) bond motifs is 1. The molecule has 0 atom stereocenters. The smallest absolute Gasteiger partial charge is 0.336 e. The van der Waals surface area contributed by atoms with Crippen molar-refractivity contribution in [2.75, 3.05) is 11.4 Å². The molecule has 0 bridgehead atoms. The van der Waals surface area contributed by atoms with Crippen molar-refractivity contribution in [1.29, 1.82) is 0 Å². The van der Waals surface area contributed by atoms with Crippen molar-refractivity contribution >= 4 is 17.6 Å². The van der Waals surface area contributed by atoms with Gasteiger partial charge < -0.3 is 15.3 Å². The van der Waals surface area contributed by atoms with Crippen molar-refractivity contribution in [2.45, 2.75) is 25.9 Å². The summed E-state index contributed by atoms with van der Waals surface area (Å²) in [7, 11) is 0. The molecular formula is C30H27N3O3. The molecule has 6 heteroatoms. The Morgan fingerprint density at radius 3 is 2.53 bits per heavy atom. The average Bonchev–Trinajstić information content (AvgIpc) is 2.92.